The average molecular weight is 419 g/mol. The number of nitrogens with zero attached hydrogens (tertiary/aromatic N) is 2. The van der Waals surface area contributed by atoms with Gasteiger partial charge < -0.3 is 14.9 Å². The normalized spacial score (nSPS) is 17.3. The van der Waals surface area contributed by atoms with Crippen LogP contribution < -0.4 is 0 Å². The molecule has 0 aliphatic carbocycles. The number of benzene rings is 1. The molecule has 1 heterocycles. The molecule has 0 radical (unpaired) electrons. The van der Waals surface area contributed by atoms with Crippen LogP contribution in [0.15, 0.2) is 30.3 Å². The average Bonchev–Trinajstić information content (AvgIpc) is 2.63. The van der Waals surface area contributed by atoms with Crippen molar-refractivity contribution in [2.24, 2.45) is 5.92 Å². The largest absolute Gasteiger partial charge is 0.387 e. The second-order valence-corrected chi connectivity index (χ2v) is 8.13. The molecule has 0 amide bonds. The number of rotatable bonds is 10. The summed E-state index contributed by atoms with van der Waals surface area (Å²) < 4.78 is 0. The zero-order chi connectivity index (χ0) is 18.1. The van der Waals surface area contributed by atoms with E-state index in [1.54, 1.807) is 0 Å². The minimum absolute atomic E-state index is 0. The second-order valence-electron chi connectivity index (χ2n) is 8.13. The molecular formula is C22H40Cl2N2O. The van der Waals surface area contributed by atoms with Crippen LogP contribution in [0.5, 0.6) is 0 Å². The fourth-order valence-corrected chi connectivity index (χ4v) is 3.89. The molecular weight excluding hydrogens is 379 g/mol. The van der Waals surface area contributed by atoms with Gasteiger partial charge in [0.15, 0.2) is 0 Å². The topological polar surface area (TPSA) is 26.7 Å². The third-order valence-corrected chi connectivity index (χ3v) is 5.55. The van der Waals surface area contributed by atoms with Gasteiger partial charge in [0.05, 0.1) is 6.10 Å². The van der Waals surface area contributed by atoms with Gasteiger partial charge in [-0.25, -0.2) is 0 Å². The maximum Gasteiger partial charge on any atom is 0.0945 e. The molecule has 2 unspecified atom stereocenters. The Bertz CT molecular complexity index is 467. The van der Waals surface area contributed by atoms with E-state index in [4.69, 9.17) is 0 Å². The summed E-state index contributed by atoms with van der Waals surface area (Å²) in [6.07, 6.45) is 7.12. The van der Waals surface area contributed by atoms with Crippen molar-refractivity contribution in [2.45, 2.75) is 64.5 Å². The molecule has 158 valence electrons. The molecule has 1 fully saturated rings. The first-order chi connectivity index (χ1) is 12.1. The molecule has 1 aromatic rings. The lowest BCUT2D eigenvalue weighted by Crippen LogP contribution is -2.39. The molecule has 27 heavy (non-hydrogen) atoms. The standard InChI is InChI=1S/C22H38N2O.2ClH/c1-19(2)13-14-21(22(25)20-11-6-4-7-12-20)23(3)15-10-18-24-16-8-5-9-17-24;;/h4,6-7,11-12,19,21-22,25H,5,8-10,13-18H2,1-3H3;2*1H. The van der Waals surface area contributed by atoms with E-state index in [0.29, 0.717) is 5.92 Å². The first-order valence-electron chi connectivity index (χ1n) is 10.2. The predicted molar refractivity (Wildman–Crippen MR) is 121 cm³/mol. The highest BCUT2D eigenvalue weighted by molar-refractivity contribution is 5.85. The van der Waals surface area contributed by atoms with Gasteiger partial charge >= 0.3 is 0 Å². The molecule has 1 saturated heterocycles. The molecule has 3 nitrogen and oxygen atoms in total. The number of likely N-dealkylation sites (tertiary alicyclic amines) is 1. The summed E-state index contributed by atoms with van der Waals surface area (Å²) >= 11 is 0. The van der Waals surface area contributed by atoms with Gasteiger partial charge in [-0.2, -0.15) is 0 Å². The van der Waals surface area contributed by atoms with E-state index >= 15 is 0 Å². The molecule has 0 aromatic heterocycles. The van der Waals surface area contributed by atoms with Crippen LogP contribution in [0.3, 0.4) is 0 Å². The lowest BCUT2D eigenvalue weighted by atomic mass is 9.94. The monoisotopic (exact) mass is 418 g/mol. The number of aliphatic hydroxyl groups excluding tert-OH is 1. The number of hydrogen-bond donors (Lipinski definition) is 1. The minimum Gasteiger partial charge on any atom is -0.387 e. The lowest BCUT2D eigenvalue weighted by molar-refractivity contribution is 0.0519. The van der Waals surface area contributed by atoms with E-state index < -0.39 is 6.10 Å². The fraction of sp³-hybridized carbons (Fsp3) is 0.727. The van der Waals surface area contributed by atoms with Gasteiger partial charge in [0.25, 0.3) is 0 Å². The highest BCUT2D eigenvalue weighted by Gasteiger charge is 2.25. The molecule has 1 aliphatic heterocycles. The van der Waals surface area contributed by atoms with Crippen molar-refractivity contribution < 1.29 is 5.11 Å². The quantitative estimate of drug-likeness (QED) is 0.566. The van der Waals surface area contributed by atoms with Crippen LogP contribution in [0.2, 0.25) is 0 Å². The van der Waals surface area contributed by atoms with Crippen molar-refractivity contribution in [3.63, 3.8) is 0 Å². The number of likely N-dealkylation sites (N-methyl/N-ethyl adjacent to an activating group) is 1. The van der Waals surface area contributed by atoms with Gasteiger partial charge in [0, 0.05) is 6.04 Å². The van der Waals surface area contributed by atoms with Gasteiger partial charge in [-0.05, 0) is 76.8 Å². The van der Waals surface area contributed by atoms with Crippen molar-refractivity contribution in [3.05, 3.63) is 35.9 Å². The first kappa shape index (κ1) is 26.7. The summed E-state index contributed by atoms with van der Waals surface area (Å²) in [6, 6.07) is 10.4. The molecule has 1 aromatic carbocycles. The van der Waals surface area contributed by atoms with E-state index in [2.05, 4.69) is 42.8 Å². The van der Waals surface area contributed by atoms with Crippen molar-refractivity contribution in [1.82, 2.24) is 9.80 Å². The highest BCUT2D eigenvalue weighted by Crippen LogP contribution is 2.25. The van der Waals surface area contributed by atoms with E-state index in [9.17, 15) is 5.11 Å². The summed E-state index contributed by atoms with van der Waals surface area (Å²) in [6.45, 7) is 9.33. The van der Waals surface area contributed by atoms with Crippen molar-refractivity contribution in [2.75, 3.05) is 33.2 Å². The number of hydrogen-bond acceptors (Lipinski definition) is 3. The highest BCUT2D eigenvalue weighted by atomic mass is 35.5. The van der Waals surface area contributed by atoms with Gasteiger partial charge in [-0.15, -0.1) is 24.8 Å². The summed E-state index contributed by atoms with van der Waals surface area (Å²) in [5.41, 5.74) is 1.04. The lowest BCUT2D eigenvalue weighted by Gasteiger charge is -2.34. The van der Waals surface area contributed by atoms with E-state index in [0.717, 1.165) is 24.9 Å². The summed E-state index contributed by atoms with van der Waals surface area (Å²) in [5.74, 6) is 0.673. The predicted octanol–water partition coefficient (Wildman–Crippen LogP) is 5.18. The second kappa shape index (κ2) is 14.6. The summed E-state index contributed by atoms with van der Waals surface area (Å²) in [5, 5.41) is 11.0. The maximum atomic E-state index is 11.0. The molecule has 2 rings (SSSR count). The molecule has 1 aliphatic rings. The Hall–Kier alpha value is -0.320. The molecule has 0 bridgehead atoms. The Balaban J connectivity index is 0.00000338. The van der Waals surface area contributed by atoms with Crippen LogP contribution in [-0.4, -0.2) is 54.2 Å². The van der Waals surface area contributed by atoms with Crippen LogP contribution in [0.25, 0.3) is 0 Å². The Labute approximate surface area is 179 Å². The first-order valence-corrected chi connectivity index (χ1v) is 10.2. The van der Waals surface area contributed by atoms with E-state index in [1.807, 2.05) is 18.2 Å². The number of piperidine rings is 1. The minimum atomic E-state index is -0.403. The molecule has 0 saturated carbocycles. The van der Waals surface area contributed by atoms with Crippen molar-refractivity contribution in [1.29, 1.82) is 0 Å². The zero-order valence-corrected chi connectivity index (χ0v) is 19.0. The smallest absolute Gasteiger partial charge is 0.0945 e. The SMILES string of the molecule is CC(C)CCC(C(O)c1ccccc1)N(C)CCCN1CCCCC1.Cl.Cl. The zero-order valence-electron chi connectivity index (χ0n) is 17.3. The third-order valence-electron chi connectivity index (χ3n) is 5.55. The molecule has 5 heteroatoms. The Morgan fingerprint density at radius 3 is 2.22 bits per heavy atom. The van der Waals surface area contributed by atoms with Crippen LogP contribution in [0.1, 0.15) is 64.0 Å². The maximum absolute atomic E-state index is 11.0. The Morgan fingerprint density at radius 1 is 1.00 bits per heavy atom. The van der Waals surface area contributed by atoms with Crippen molar-refractivity contribution in [3.8, 4) is 0 Å². The van der Waals surface area contributed by atoms with Crippen LogP contribution >= 0.6 is 24.8 Å². The van der Waals surface area contributed by atoms with Gasteiger partial charge in [0.2, 0.25) is 0 Å². The molecule has 0 spiro atoms. The van der Waals surface area contributed by atoms with Crippen LogP contribution in [-0.2, 0) is 0 Å². The van der Waals surface area contributed by atoms with Crippen LogP contribution in [0.4, 0.5) is 0 Å². The summed E-state index contributed by atoms with van der Waals surface area (Å²) in [4.78, 5) is 5.00. The van der Waals surface area contributed by atoms with Crippen molar-refractivity contribution >= 4 is 24.8 Å². The molecule has 2 atom stereocenters. The van der Waals surface area contributed by atoms with Gasteiger partial charge in [-0.1, -0.05) is 50.6 Å². The van der Waals surface area contributed by atoms with Crippen LogP contribution in [0, 0.1) is 5.92 Å². The van der Waals surface area contributed by atoms with Gasteiger partial charge in [-0.3, -0.25) is 0 Å². The van der Waals surface area contributed by atoms with Gasteiger partial charge in [0.1, 0.15) is 0 Å². The Kier molecular flexibility index (Phi) is 14.5. The number of halogens is 2. The number of aliphatic hydroxyl groups is 1. The third kappa shape index (κ3) is 9.62. The fourth-order valence-electron chi connectivity index (χ4n) is 3.89. The van der Waals surface area contributed by atoms with E-state index in [1.165, 1.54) is 45.3 Å². The Morgan fingerprint density at radius 2 is 1.63 bits per heavy atom. The molecule has 1 N–H and O–H groups in total. The summed E-state index contributed by atoms with van der Waals surface area (Å²) in [7, 11) is 2.19. The van der Waals surface area contributed by atoms with E-state index in [-0.39, 0.29) is 30.9 Å².